The second-order valence-corrected chi connectivity index (χ2v) is 11.9. The maximum Gasteiger partial charge on any atom is 0.426 e. The van der Waals surface area contributed by atoms with Crippen molar-refractivity contribution in [3.63, 3.8) is 0 Å². The van der Waals surface area contributed by atoms with Crippen molar-refractivity contribution in [2.75, 3.05) is 6.26 Å². The van der Waals surface area contributed by atoms with E-state index >= 15 is 0 Å². The number of thioether (sulfide) groups is 1. The predicted molar refractivity (Wildman–Crippen MR) is 124 cm³/mol. The van der Waals surface area contributed by atoms with Gasteiger partial charge in [-0.05, 0) is 74.9 Å². The molecule has 0 atom stereocenters. The molecule has 1 aromatic heterocycles. The number of rotatable bonds is 5. The summed E-state index contributed by atoms with van der Waals surface area (Å²) >= 11 is 4.58. The summed E-state index contributed by atoms with van der Waals surface area (Å²) in [7, 11) is -3.84. The Balaban J connectivity index is 1.99. The van der Waals surface area contributed by atoms with Crippen LogP contribution in [0.25, 0.3) is 10.9 Å². The van der Waals surface area contributed by atoms with Crippen molar-refractivity contribution in [1.82, 2.24) is 25.5 Å². The van der Waals surface area contributed by atoms with Crippen LogP contribution >= 0.6 is 27.7 Å². The highest BCUT2D eigenvalue weighted by Crippen LogP contribution is 2.37. The molecule has 1 aliphatic rings. The minimum Gasteiger partial charge on any atom is -0.443 e. The molecule has 0 bridgehead atoms. The smallest absolute Gasteiger partial charge is 0.426 e. The Labute approximate surface area is 198 Å². The summed E-state index contributed by atoms with van der Waals surface area (Å²) in [4.78, 5) is 33.3. The van der Waals surface area contributed by atoms with Crippen molar-refractivity contribution in [1.29, 1.82) is 0 Å². The van der Waals surface area contributed by atoms with Crippen LogP contribution in [0.4, 0.5) is 4.79 Å². The van der Waals surface area contributed by atoms with Crippen LogP contribution in [-0.2, 0) is 14.8 Å². The van der Waals surface area contributed by atoms with E-state index in [9.17, 15) is 18.0 Å². The number of carbonyl (C=O) groups is 2. The molecule has 1 aromatic carbocycles. The van der Waals surface area contributed by atoms with Gasteiger partial charge in [0.05, 0.1) is 10.4 Å². The molecule has 3 rings (SSSR count). The van der Waals surface area contributed by atoms with Gasteiger partial charge in [-0.2, -0.15) is 0 Å². The number of aromatic nitrogens is 2. The number of nitrogens with one attached hydrogen (secondary N) is 3. The van der Waals surface area contributed by atoms with Gasteiger partial charge in [0.1, 0.15) is 11.3 Å². The summed E-state index contributed by atoms with van der Waals surface area (Å²) < 4.78 is 33.9. The van der Waals surface area contributed by atoms with Crippen LogP contribution in [0.5, 0.6) is 0 Å². The van der Waals surface area contributed by atoms with Crippen LogP contribution in [-0.4, -0.2) is 47.8 Å². The fourth-order valence-electron chi connectivity index (χ4n) is 2.71. The number of sulfonamides is 1. The lowest BCUT2D eigenvalue weighted by Crippen LogP contribution is -2.44. The number of carbonyl (C=O) groups excluding carboxylic acids is 2. The fourth-order valence-corrected chi connectivity index (χ4v) is 5.29. The average Bonchev–Trinajstić information content (AvgIpc) is 3.39. The molecule has 0 saturated heterocycles. The van der Waals surface area contributed by atoms with Crippen molar-refractivity contribution in [3.8, 4) is 0 Å². The molecule has 0 radical (unpaired) electrons. The number of benzene rings is 1. The van der Waals surface area contributed by atoms with Gasteiger partial charge in [0.15, 0.2) is 5.16 Å². The molecule has 13 heteroatoms. The van der Waals surface area contributed by atoms with Crippen molar-refractivity contribution in [3.05, 3.63) is 22.3 Å². The summed E-state index contributed by atoms with van der Waals surface area (Å²) in [6.07, 6.45) is 2.41. The summed E-state index contributed by atoms with van der Waals surface area (Å²) in [6.45, 7) is 6.89. The number of nitrogens with zero attached hydrogens (tertiary/aromatic N) is 2. The number of amides is 2. The van der Waals surface area contributed by atoms with Crippen LogP contribution in [0.15, 0.2) is 26.7 Å². The van der Waals surface area contributed by atoms with Gasteiger partial charge in [-0.3, -0.25) is 10.2 Å². The zero-order valence-electron chi connectivity index (χ0n) is 18.2. The first-order valence-electron chi connectivity index (χ1n) is 9.62. The van der Waals surface area contributed by atoms with E-state index in [0.29, 0.717) is 15.1 Å². The van der Waals surface area contributed by atoms with Gasteiger partial charge in [-0.1, -0.05) is 11.8 Å². The Kier molecular flexibility index (Phi) is 6.76. The third-order valence-corrected chi connectivity index (χ3v) is 7.24. The van der Waals surface area contributed by atoms with Crippen LogP contribution in [0.3, 0.4) is 0 Å². The highest BCUT2D eigenvalue weighted by molar-refractivity contribution is 9.10. The molecule has 1 fully saturated rings. The Morgan fingerprint density at radius 1 is 1.19 bits per heavy atom. The lowest BCUT2D eigenvalue weighted by Gasteiger charge is -2.19. The number of hydrogen-bond acceptors (Lipinski definition) is 8. The van der Waals surface area contributed by atoms with E-state index < -0.39 is 33.2 Å². The first-order chi connectivity index (χ1) is 14.7. The fraction of sp³-hybridized carbons (Fsp3) is 0.474. The molecule has 1 aliphatic carbocycles. The number of ether oxygens (including phenoxy) is 1. The molecule has 0 unspecified atom stereocenters. The van der Waals surface area contributed by atoms with E-state index in [2.05, 4.69) is 41.5 Å². The van der Waals surface area contributed by atoms with Gasteiger partial charge in [0.2, 0.25) is 10.0 Å². The van der Waals surface area contributed by atoms with Crippen molar-refractivity contribution in [2.45, 2.75) is 61.7 Å². The maximum absolute atomic E-state index is 12.9. The van der Waals surface area contributed by atoms with Crippen LogP contribution in [0, 0.1) is 0 Å². The number of hydrogen-bond donors (Lipinski definition) is 3. The van der Waals surface area contributed by atoms with Gasteiger partial charge in [-0.25, -0.2) is 33.3 Å². The molecule has 10 nitrogen and oxygen atoms in total. The van der Waals surface area contributed by atoms with Gasteiger partial charge < -0.3 is 4.74 Å². The van der Waals surface area contributed by atoms with Gasteiger partial charge in [0.25, 0.3) is 5.91 Å². The minimum absolute atomic E-state index is 0.0281. The largest absolute Gasteiger partial charge is 0.443 e. The van der Waals surface area contributed by atoms with E-state index in [4.69, 9.17) is 4.74 Å². The first kappa shape index (κ1) is 24.7. The zero-order valence-corrected chi connectivity index (χ0v) is 21.4. The summed E-state index contributed by atoms with van der Waals surface area (Å²) in [5.41, 5.74) is 3.48. The second-order valence-electron chi connectivity index (χ2n) is 8.61. The molecule has 1 heterocycles. The molecular formula is C19H24BrN5O5S2. The molecule has 2 aromatic rings. The Bertz CT molecular complexity index is 1190. The Morgan fingerprint density at radius 2 is 1.84 bits per heavy atom. The van der Waals surface area contributed by atoms with E-state index in [1.807, 2.05) is 6.92 Å². The van der Waals surface area contributed by atoms with Crippen LogP contribution in [0.1, 0.15) is 51.0 Å². The Hall–Kier alpha value is -1.96. The molecule has 2 amide bonds. The van der Waals surface area contributed by atoms with Crippen LogP contribution < -0.4 is 15.6 Å². The highest BCUT2D eigenvalue weighted by Gasteiger charge is 2.41. The SMILES string of the molecule is CSc1nc(C(=O)NNC(=O)OC(C)(C)C)c2cc(S(=O)(=O)NC3(C)CC3)cc(Br)c2n1. The average molecular weight is 546 g/mol. The standard InChI is InChI=1S/C19H24BrN5O5S2/c1-18(2,3)30-17(27)24-23-15(26)14-11-8-10(32(28,29)25-19(4)6-7-19)9-12(20)13(11)21-16(22-14)31-5/h8-9,25H,6-7H2,1-5H3,(H,23,26)(H,24,27). The summed E-state index contributed by atoms with van der Waals surface area (Å²) in [5.74, 6) is -0.748. The normalized spacial score (nSPS) is 15.3. The van der Waals surface area contributed by atoms with E-state index in [-0.39, 0.29) is 16.0 Å². The van der Waals surface area contributed by atoms with Gasteiger partial charge in [-0.15, -0.1) is 0 Å². The quantitative estimate of drug-likeness (QED) is 0.295. The van der Waals surface area contributed by atoms with Gasteiger partial charge >= 0.3 is 6.09 Å². The Morgan fingerprint density at radius 3 is 2.41 bits per heavy atom. The summed E-state index contributed by atoms with van der Waals surface area (Å²) in [5, 5.41) is 0.516. The lowest BCUT2D eigenvalue weighted by molar-refractivity contribution is 0.0483. The van der Waals surface area contributed by atoms with E-state index in [0.717, 1.165) is 12.8 Å². The van der Waals surface area contributed by atoms with Crippen molar-refractivity contribution in [2.24, 2.45) is 0 Å². The monoisotopic (exact) mass is 545 g/mol. The minimum atomic E-state index is -3.84. The van der Waals surface area contributed by atoms with E-state index in [1.165, 1.54) is 23.9 Å². The van der Waals surface area contributed by atoms with E-state index in [1.54, 1.807) is 27.0 Å². The third-order valence-electron chi connectivity index (χ3n) is 4.47. The zero-order chi connectivity index (χ0) is 23.9. The van der Waals surface area contributed by atoms with Crippen molar-refractivity contribution < 1.29 is 22.7 Å². The number of hydrazine groups is 1. The molecule has 3 N–H and O–H groups in total. The lowest BCUT2D eigenvalue weighted by atomic mass is 10.2. The number of fused-ring (bicyclic) bond motifs is 1. The molecule has 0 aliphatic heterocycles. The highest BCUT2D eigenvalue weighted by atomic mass is 79.9. The topological polar surface area (TPSA) is 139 Å². The molecule has 32 heavy (non-hydrogen) atoms. The van der Waals surface area contributed by atoms with Gasteiger partial charge in [0, 0.05) is 15.4 Å². The second kappa shape index (κ2) is 8.76. The van der Waals surface area contributed by atoms with Crippen molar-refractivity contribution >= 4 is 60.6 Å². The summed E-state index contributed by atoms with van der Waals surface area (Å²) in [6, 6.07) is 2.79. The first-order valence-corrected chi connectivity index (χ1v) is 13.1. The molecular weight excluding hydrogens is 522 g/mol. The molecule has 174 valence electrons. The molecule has 0 spiro atoms. The predicted octanol–water partition coefficient (Wildman–Crippen LogP) is 3.11. The maximum atomic E-state index is 12.9. The molecule has 1 saturated carbocycles. The third kappa shape index (κ3) is 5.88. The van der Waals surface area contributed by atoms with Crippen LogP contribution in [0.2, 0.25) is 0 Å². The number of halogens is 1.